The van der Waals surface area contributed by atoms with E-state index in [2.05, 4.69) is 20.8 Å². The Morgan fingerprint density at radius 2 is 1.77 bits per heavy atom. The molecule has 1 aromatic heterocycles. The van der Waals surface area contributed by atoms with E-state index in [1.165, 1.54) is 32.1 Å². The van der Waals surface area contributed by atoms with Crippen LogP contribution in [0.25, 0.3) is 0 Å². The first-order chi connectivity index (χ1) is 14.7. The standard InChI is InChI=1S/C22H39N7O2/c1-16-26-27-19(28(16)5)14-23-20(24-17-10-7-6-8-11-17)25-18-12-9-13-29(15-18)21(30)31-22(2,3)4/h17-18H,6-15H2,1-5H3,(H2,23,24,25). The number of nitrogens with one attached hydrogen (secondary N) is 2. The first-order valence-corrected chi connectivity index (χ1v) is 11.6. The second-order valence-electron chi connectivity index (χ2n) is 9.78. The van der Waals surface area contributed by atoms with Crippen LogP contribution in [-0.2, 0) is 18.3 Å². The summed E-state index contributed by atoms with van der Waals surface area (Å²) in [5.74, 6) is 2.50. The summed E-state index contributed by atoms with van der Waals surface area (Å²) in [6.45, 7) is 9.44. The van der Waals surface area contributed by atoms with Crippen LogP contribution in [0.2, 0.25) is 0 Å². The van der Waals surface area contributed by atoms with Crippen molar-refractivity contribution in [2.45, 2.75) is 96.9 Å². The van der Waals surface area contributed by atoms with Gasteiger partial charge in [-0.1, -0.05) is 19.3 Å². The molecule has 2 heterocycles. The SMILES string of the molecule is Cc1nnc(CN=C(NC2CCCCC2)NC2CCCN(C(=O)OC(C)(C)C)C2)n1C. The number of likely N-dealkylation sites (tertiary alicyclic amines) is 1. The van der Waals surface area contributed by atoms with E-state index in [4.69, 9.17) is 9.73 Å². The first-order valence-electron chi connectivity index (χ1n) is 11.6. The molecule has 1 amide bonds. The topological polar surface area (TPSA) is 96.7 Å². The molecule has 0 bridgehead atoms. The molecule has 1 unspecified atom stereocenters. The molecule has 9 nitrogen and oxygen atoms in total. The second-order valence-corrected chi connectivity index (χ2v) is 9.78. The molecule has 1 saturated heterocycles. The number of aryl methyl sites for hydroxylation is 1. The maximum Gasteiger partial charge on any atom is 0.410 e. The predicted molar refractivity (Wildman–Crippen MR) is 121 cm³/mol. The van der Waals surface area contributed by atoms with Crippen LogP contribution < -0.4 is 10.6 Å². The fraction of sp³-hybridized carbons (Fsp3) is 0.818. The van der Waals surface area contributed by atoms with E-state index in [1.807, 2.05) is 39.3 Å². The summed E-state index contributed by atoms with van der Waals surface area (Å²) in [7, 11) is 1.96. The number of guanidine groups is 1. The molecule has 2 fully saturated rings. The second kappa shape index (κ2) is 10.3. The van der Waals surface area contributed by atoms with Crippen LogP contribution in [-0.4, -0.2) is 62.5 Å². The Balaban J connectivity index is 1.65. The highest BCUT2D eigenvalue weighted by atomic mass is 16.6. The van der Waals surface area contributed by atoms with Gasteiger partial charge in [0.15, 0.2) is 11.8 Å². The zero-order valence-corrected chi connectivity index (χ0v) is 19.8. The molecule has 1 atom stereocenters. The Bertz CT molecular complexity index is 762. The van der Waals surface area contributed by atoms with Crippen LogP contribution in [0, 0.1) is 6.92 Å². The summed E-state index contributed by atoms with van der Waals surface area (Å²) in [5, 5.41) is 15.6. The zero-order valence-electron chi connectivity index (χ0n) is 19.8. The van der Waals surface area contributed by atoms with Gasteiger partial charge in [0.05, 0.1) is 0 Å². The van der Waals surface area contributed by atoms with Crippen LogP contribution in [0.4, 0.5) is 4.79 Å². The summed E-state index contributed by atoms with van der Waals surface area (Å²) >= 11 is 0. The number of nitrogens with zero attached hydrogens (tertiary/aromatic N) is 5. The number of carbonyl (C=O) groups excluding carboxylic acids is 1. The van der Waals surface area contributed by atoms with Gasteiger partial charge in [-0.05, 0) is 53.4 Å². The van der Waals surface area contributed by atoms with E-state index in [9.17, 15) is 4.79 Å². The molecule has 0 spiro atoms. The van der Waals surface area contributed by atoms with Gasteiger partial charge in [0.25, 0.3) is 0 Å². The normalized spacial score (nSPS) is 21.1. The Morgan fingerprint density at radius 3 is 2.42 bits per heavy atom. The fourth-order valence-electron chi connectivity index (χ4n) is 4.09. The highest BCUT2D eigenvalue weighted by Crippen LogP contribution is 2.18. The van der Waals surface area contributed by atoms with Crippen LogP contribution in [0.3, 0.4) is 0 Å². The lowest BCUT2D eigenvalue weighted by molar-refractivity contribution is 0.0193. The van der Waals surface area contributed by atoms with Crippen LogP contribution in [0.5, 0.6) is 0 Å². The van der Waals surface area contributed by atoms with Gasteiger partial charge in [-0.25, -0.2) is 9.79 Å². The number of hydrogen-bond acceptors (Lipinski definition) is 5. The third-order valence-corrected chi connectivity index (χ3v) is 5.92. The summed E-state index contributed by atoms with van der Waals surface area (Å²) in [6.07, 6.45) is 7.84. The Hall–Kier alpha value is -2.32. The average Bonchev–Trinajstić information content (AvgIpc) is 3.04. The third kappa shape index (κ3) is 7.11. The van der Waals surface area contributed by atoms with Gasteiger partial charge >= 0.3 is 6.09 Å². The van der Waals surface area contributed by atoms with E-state index >= 15 is 0 Å². The number of piperidine rings is 1. The zero-order chi connectivity index (χ0) is 22.4. The molecule has 1 aromatic rings. The predicted octanol–water partition coefficient (Wildman–Crippen LogP) is 2.89. The van der Waals surface area contributed by atoms with E-state index in [0.717, 1.165) is 37.0 Å². The number of ether oxygens (including phenoxy) is 1. The smallest absolute Gasteiger partial charge is 0.410 e. The number of rotatable bonds is 4. The molecule has 31 heavy (non-hydrogen) atoms. The summed E-state index contributed by atoms with van der Waals surface area (Å²) < 4.78 is 7.53. The highest BCUT2D eigenvalue weighted by molar-refractivity contribution is 5.80. The van der Waals surface area contributed by atoms with Gasteiger partial charge in [-0.2, -0.15) is 0 Å². The van der Waals surface area contributed by atoms with Gasteiger partial charge < -0.3 is 24.8 Å². The van der Waals surface area contributed by atoms with Crippen molar-refractivity contribution in [1.82, 2.24) is 30.3 Å². The molecule has 0 radical (unpaired) electrons. The van der Waals surface area contributed by atoms with Crippen molar-refractivity contribution in [3.63, 3.8) is 0 Å². The van der Waals surface area contributed by atoms with E-state index < -0.39 is 5.60 Å². The Kier molecular flexibility index (Phi) is 7.78. The molecular formula is C22H39N7O2. The molecule has 1 saturated carbocycles. The van der Waals surface area contributed by atoms with Crippen LogP contribution >= 0.6 is 0 Å². The van der Waals surface area contributed by atoms with Gasteiger partial charge in [0.1, 0.15) is 18.0 Å². The largest absolute Gasteiger partial charge is 0.444 e. The van der Waals surface area contributed by atoms with Crippen molar-refractivity contribution in [3.05, 3.63) is 11.6 Å². The molecule has 1 aliphatic carbocycles. The van der Waals surface area contributed by atoms with Gasteiger partial charge in [-0.15, -0.1) is 10.2 Å². The molecule has 174 valence electrons. The fourth-order valence-corrected chi connectivity index (χ4v) is 4.09. The van der Waals surface area contributed by atoms with Crippen LogP contribution in [0.1, 0.15) is 77.4 Å². The lowest BCUT2D eigenvalue weighted by Gasteiger charge is -2.35. The number of aromatic nitrogens is 3. The average molecular weight is 434 g/mol. The lowest BCUT2D eigenvalue weighted by Crippen LogP contribution is -2.54. The van der Waals surface area contributed by atoms with E-state index in [0.29, 0.717) is 19.1 Å². The Labute approximate surface area is 186 Å². The van der Waals surface area contributed by atoms with Crippen molar-refractivity contribution < 1.29 is 9.53 Å². The number of amides is 1. The quantitative estimate of drug-likeness (QED) is 0.560. The molecule has 2 aliphatic rings. The van der Waals surface area contributed by atoms with E-state index in [-0.39, 0.29) is 12.1 Å². The molecule has 2 N–H and O–H groups in total. The van der Waals surface area contributed by atoms with Crippen molar-refractivity contribution in [2.24, 2.45) is 12.0 Å². The van der Waals surface area contributed by atoms with E-state index in [1.54, 1.807) is 4.90 Å². The summed E-state index contributed by atoms with van der Waals surface area (Å²) in [5.41, 5.74) is -0.485. The summed E-state index contributed by atoms with van der Waals surface area (Å²) in [6, 6.07) is 0.573. The monoisotopic (exact) mass is 433 g/mol. The minimum atomic E-state index is -0.485. The molecule has 3 rings (SSSR count). The Morgan fingerprint density at radius 1 is 1.10 bits per heavy atom. The number of aliphatic imine (C=N–C) groups is 1. The van der Waals surface area contributed by atoms with Gasteiger partial charge in [-0.3, -0.25) is 0 Å². The molecular weight excluding hydrogens is 394 g/mol. The van der Waals surface area contributed by atoms with Gasteiger partial charge in [0.2, 0.25) is 0 Å². The minimum Gasteiger partial charge on any atom is -0.444 e. The highest BCUT2D eigenvalue weighted by Gasteiger charge is 2.28. The van der Waals surface area contributed by atoms with Gasteiger partial charge in [0, 0.05) is 32.2 Å². The first kappa shape index (κ1) is 23.3. The maximum atomic E-state index is 12.5. The number of carbonyl (C=O) groups is 1. The van der Waals surface area contributed by atoms with Crippen molar-refractivity contribution >= 4 is 12.1 Å². The minimum absolute atomic E-state index is 0.136. The third-order valence-electron chi connectivity index (χ3n) is 5.92. The molecule has 9 heteroatoms. The number of hydrogen-bond donors (Lipinski definition) is 2. The van der Waals surface area contributed by atoms with Crippen molar-refractivity contribution in [1.29, 1.82) is 0 Å². The lowest BCUT2D eigenvalue weighted by atomic mass is 9.96. The summed E-state index contributed by atoms with van der Waals surface area (Å²) in [4.78, 5) is 19.1. The molecule has 0 aromatic carbocycles. The van der Waals surface area contributed by atoms with Crippen LogP contribution in [0.15, 0.2) is 4.99 Å². The molecule has 1 aliphatic heterocycles. The maximum absolute atomic E-state index is 12.5. The van der Waals surface area contributed by atoms with Crippen molar-refractivity contribution in [3.8, 4) is 0 Å². The van der Waals surface area contributed by atoms with Crippen molar-refractivity contribution in [2.75, 3.05) is 13.1 Å².